The molecular weight excluding hydrogens is 1550 g/mol. The van der Waals surface area contributed by atoms with Crippen molar-refractivity contribution in [2.45, 2.75) is 101 Å². The molecule has 4 N–H and O–H groups in total. The molecule has 4 aromatic carbocycles. The maximum absolute atomic E-state index is 14.2. The summed E-state index contributed by atoms with van der Waals surface area (Å²) in [6.45, 7) is -35.7. The summed E-state index contributed by atoms with van der Waals surface area (Å²) in [7, 11) is 0. The Balaban J connectivity index is 0.000000173. The molecule has 0 radical (unpaired) electrons. The zero-order valence-electron chi connectivity index (χ0n) is 102. The molecule has 0 bridgehead atoms. The van der Waals surface area contributed by atoms with Gasteiger partial charge in [0.05, 0.1) is 33.2 Å². The number of nitrogens with zero attached hydrogens (tertiary/aromatic N) is 20. The molecule has 4 aliphatic heterocycles. The number of thiazole rings is 4. The van der Waals surface area contributed by atoms with Crippen LogP contribution in [0.1, 0.15) is 157 Å². The molecule has 4 fully saturated rings. The van der Waals surface area contributed by atoms with E-state index in [0.29, 0.717) is 35.6 Å². The van der Waals surface area contributed by atoms with Gasteiger partial charge in [0.2, 0.25) is 0 Å². The maximum Gasteiger partial charge on any atom is 0.186 e. The van der Waals surface area contributed by atoms with Crippen molar-refractivity contribution in [2.24, 2.45) is 0 Å². The first kappa shape index (κ1) is 36.9. The van der Waals surface area contributed by atoms with E-state index in [1.807, 2.05) is 0 Å². The summed E-state index contributed by atoms with van der Waals surface area (Å²) >= 11 is 26.7. The SMILES string of the molecule is [2H]c1cc(C([2H])N2C([2H])([2H])C([2H])([2H])C([2H])(N([2H])c3ncnc4sc(Cl)nc34)C([2H])([2H])C2([2H])[2H])cc(C#N)c1F.[2H]c1nc(N([2H])C2([2H])C([2H])([2H])C([2H])([2H])N(C([2H])([2H])c3cc([2H])c(F)c(C#N)c3)C([2H])([2H])C2([2H])[2H])c2nc(Cl)sc2n1.[2H]c1nc(N([2H])C2([2H])C([2H])([2H])C([2H])([2H])N(C([2H])c3cc([2H])c(F)c(C#N)c3)C([2H])([2H])C2([2H])[2H])c2nc(Cl)sc2n1.[2H]c1nc(N([2H])C2([2H])C([2H])([2H])CN(C([2H])([2H])c3cc([2H])c(F)c(C#N)c3)CC2([2H])[2H])c2nc(Cl)sc2n1. The van der Waals surface area contributed by atoms with E-state index in [9.17, 15) is 22.8 Å². The number of nitrogens with one attached hydrogen (secondary N) is 4. The van der Waals surface area contributed by atoms with E-state index in [1.165, 1.54) is 24.3 Å². The van der Waals surface area contributed by atoms with Crippen LogP contribution in [0.4, 0.5) is 40.8 Å². The zero-order valence-corrected chi connectivity index (χ0v) is 58.9. The van der Waals surface area contributed by atoms with Crippen molar-refractivity contribution in [3.05, 3.63) is 184 Å². The number of fused-ring (bicyclic) bond motifs is 4. The third-order valence-electron chi connectivity index (χ3n) is 13.1. The summed E-state index contributed by atoms with van der Waals surface area (Å²) in [5, 5.41) is 36.2. The Morgan fingerprint density at radius 3 is 1.06 bits per heavy atom. The predicted octanol–water partition coefficient (Wildman–Crippen LogP) is 15.3. The lowest BCUT2D eigenvalue weighted by Gasteiger charge is -2.32. The van der Waals surface area contributed by atoms with Gasteiger partial charge in [-0.3, -0.25) is 19.6 Å². The van der Waals surface area contributed by atoms with Crippen LogP contribution in [0, 0.1) is 68.6 Å². The van der Waals surface area contributed by atoms with Crippen molar-refractivity contribution < 1.29 is 84.9 Å². The molecule has 36 heteroatoms. The van der Waals surface area contributed by atoms with Crippen LogP contribution >= 0.6 is 91.8 Å². The standard InChI is InChI=1S/4C18H16ClFN6S/c4*19-18-25-15-16(22-10-23-17(15)27-18)24-13-3-5-26(6-4-13)9-11-1-2-14(20)12(7-11)8-21/h4*1-2,7,10,13H,3-6,9H2,(H,22,23,24)/i2D,3D2,4D2,5D2,6D2,9D2,10D,13D;2D,3D2,4D2,5D2,6D2,9D,10D,13D;2D,3D2,4D2,5D2,6D2,9D,13D;2D,3D2,4D2,9D2,10D,13D/hD4. The number of nitriles is 4. The van der Waals surface area contributed by atoms with E-state index >= 15 is 0 Å². The van der Waals surface area contributed by atoms with Gasteiger partial charge < -0.3 is 21.2 Å². The normalized spacial score (nSPS) is 30.9. The molecule has 552 valence electrons. The highest BCUT2D eigenvalue weighted by Gasteiger charge is 2.27. The summed E-state index contributed by atoms with van der Waals surface area (Å²) in [6.07, 6.45) is -30.5. The second-order valence-corrected chi connectivity index (χ2v) is 26.4. The van der Waals surface area contributed by atoms with Gasteiger partial charge >= 0.3 is 0 Å². The fourth-order valence-corrected chi connectivity index (χ4v) is 12.2. The first-order valence-corrected chi connectivity index (χ1v) is 33.9. The first-order chi connectivity index (χ1) is 71.4. The molecular formula is C72H64Cl4F4N24S4. The van der Waals surface area contributed by atoms with Crippen molar-refractivity contribution in [1.29, 1.82) is 21.0 Å². The van der Waals surface area contributed by atoms with Crippen molar-refractivity contribution in [2.75, 3.05) is 73.3 Å². The molecule has 16 rings (SSSR count). The average Bonchev–Trinajstić information content (AvgIpc) is 1.45. The molecule has 0 amide bonds. The van der Waals surface area contributed by atoms with Crippen LogP contribution in [0.15, 0.2) is 97.9 Å². The molecule has 24 nitrogen and oxygen atoms in total. The third kappa shape index (κ3) is 19.9. The van der Waals surface area contributed by atoms with Gasteiger partial charge in [0.25, 0.3) is 0 Å². The average molecular weight is 1660 g/mol. The number of halogens is 8. The Labute approximate surface area is 722 Å². The number of hydrogen-bond donors (Lipinski definition) is 4. The number of likely N-dealkylation sites (tertiary alicyclic amines) is 4. The van der Waals surface area contributed by atoms with E-state index in [1.54, 1.807) is 0 Å². The predicted molar refractivity (Wildman–Crippen MR) is 413 cm³/mol. The molecule has 12 aromatic rings. The summed E-state index contributed by atoms with van der Waals surface area (Å²) in [6, 6.07) is -6.69. The lowest BCUT2D eigenvalue weighted by molar-refractivity contribution is 0.211. The highest BCUT2D eigenvalue weighted by molar-refractivity contribution is 7.22. The quantitative estimate of drug-likeness (QED) is 0.0653. The second-order valence-electron chi connectivity index (χ2n) is 20.2. The van der Waals surface area contributed by atoms with Crippen molar-refractivity contribution in [3.63, 3.8) is 0 Å². The first-order valence-electron chi connectivity index (χ1n) is 53.5. The summed E-state index contributed by atoms with van der Waals surface area (Å²) < 4.78 is 472. The largest absolute Gasteiger partial charge is 0.365 e. The lowest BCUT2D eigenvalue weighted by atomic mass is 10.0. The van der Waals surface area contributed by atoms with Gasteiger partial charge in [0.1, 0.15) is 118 Å². The molecule has 2 atom stereocenters. The minimum atomic E-state index is -4.01. The third-order valence-corrected chi connectivity index (χ3v) is 17.4. The number of piperidine rings is 4. The molecule has 8 aromatic heterocycles. The summed E-state index contributed by atoms with van der Waals surface area (Å²) in [5.41, 5.74) is -6.33. The van der Waals surface area contributed by atoms with E-state index < -0.39 is 287 Å². The smallest absolute Gasteiger partial charge is 0.186 e. The van der Waals surface area contributed by atoms with Crippen molar-refractivity contribution >= 4 is 156 Å². The molecule has 0 aliphatic carbocycles. The Morgan fingerprint density at radius 2 is 0.713 bits per heavy atom. The van der Waals surface area contributed by atoms with E-state index in [0.717, 1.165) is 69.5 Å². The molecule has 0 saturated carbocycles. The van der Waals surface area contributed by atoms with Crippen molar-refractivity contribution in [1.82, 2.24) is 79.4 Å². The van der Waals surface area contributed by atoms with Crippen LogP contribution in [0.5, 0.6) is 0 Å². The van der Waals surface area contributed by atoms with Gasteiger partial charge in [0, 0.05) is 149 Å². The van der Waals surface area contributed by atoms with Gasteiger partial charge in [-0.2, -0.15) is 21.0 Å². The zero-order chi connectivity index (χ0) is 119. The fraction of sp³-hybridized carbons (Fsp3) is 0.333. The summed E-state index contributed by atoms with van der Waals surface area (Å²) in [5.74, 6) is -7.90. The Bertz CT molecular complexity index is 7840. The van der Waals surface area contributed by atoms with Gasteiger partial charge in [-0.15, -0.1) is 0 Å². The Kier molecular flexibility index (Phi) is 12.4. The molecule has 108 heavy (non-hydrogen) atoms. The topological polar surface area (TPSA) is 311 Å². The summed E-state index contributed by atoms with van der Waals surface area (Å²) in [4.78, 5) is 45.5. The van der Waals surface area contributed by atoms with E-state index in [4.69, 9.17) is 130 Å². The molecule has 12 heterocycles. The second kappa shape index (κ2) is 36.2. The minimum Gasteiger partial charge on any atom is -0.365 e. The van der Waals surface area contributed by atoms with Crippen molar-refractivity contribution in [3.8, 4) is 24.3 Å². The lowest BCUT2D eigenvalue weighted by Crippen LogP contribution is -2.38. The van der Waals surface area contributed by atoms with Gasteiger partial charge in [-0.1, -0.05) is 116 Å². The van der Waals surface area contributed by atoms with Gasteiger partial charge in [-0.25, -0.2) is 77.4 Å². The van der Waals surface area contributed by atoms with Crippen LogP contribution in [-0.2, 0) is 26.0 Å². The van der Waals surface area contributed by atoms with Crippen LogP contribution in [0.25, 0.3) is 41.4 Å². The Morgan fingerprint density at radius 1 is 0.426 bits per heavy atom. The number of benzene rings is 4. The number of anilines is 4. The Hall–Kier alpha value is -9.36. The molecule has 2 unspecified atom stereocenters. The number of rotatable bonds is 16. The monoisotopic (exact) mass is 1660 g/mol. The molecule has 4 aliphatic rings. The van der Waals surface area contributed by atoms with Crippen LogP contribution in [0.2, 0.25) is 23.5 Å². The fourth-order valence-electron chi connectivity index (χ4n) is 8.47. The van der Waals surface area contributed by atoms with Crippen LogP contribution in [0.3, 0.4) is 0 Å². The van der Waals surface area contributed by atoms with Gasteiger partial charge in [0.15, 0.2) is 46.8 Å². The van der Waals surface area contributed by atoms with Crippen LogP contribution < -0.4 is 21.2 Å². The highest BCUT2D eigenvalue weighted by Crippen LogP contribution is 2.34. The maximum atomic E-state index is 14.2. The van der Waals surface area contributed by atoms with E-state index in [-0.39, 0.29) is 95.9 Å². The minimum absolute atomic E-state index is 0.0255. The van der Waals surface area contributed by atoms with E-state index in [2.05, 4.69) is 59.8 Å². The van der Waals surface area contributed by atoms with Gasteiger partial charge in [-0.05, 0) is 122 Å². The molecule has 4 saturated heterocycles. The van der Waals surface area contributed by atoms with Crippen LogP contribution in [-0.4, -0.2) is 156 Å². The molecule has 0 spiro atoms. The number of hydrogen-bond acceptors (Lipinski definition) is 28. The number of aromatic nitrogens is 12. The highest BCUT2D eigenvalue weighted by atomic mass is 35.5.